The van der Waals surface area contributed by atoms with Gasteiger partial charge in [-0.25, -0.2) is 0 Å². The lowest BCUT2D eigenvalue weighted by molar-refractivity contribution is -0.127. The zero-order valence-corrected chi connectivity index (χ0v) is 26.3. The lowest BCUT2D eigenvalue weighted by Crippen LogP contribution is -2.43. The molecule has 1 aliphatic heterocycles. The number of aliphatic hydroxyl groups excluding tert-OH is 1. The molecule has 1 aromatic rings. The largest absolute Gasteiger partial charge is 0.493 e. The Morgan fingerprint density at radius 2 is 1.83 bits per heavy atom. The molecule has 0 radical (unpaired) electrons. The normalized spacial score (nSPS) is 21.0. The van der Waals surface area contributed by atoms with Gasteiger partial charge in [0.15, 0.2) is 11.5 Å². The molecule has 1 heterocycles. The van der Waals surface area contributed by atoms with E-state index in [1.165, 1.54) is 6.42 Å². The molecular formula is C33H56N2O6. The number of nitrogens with two attached hydrogens (primary N) is 1. The molecule has 1 amide bonds. The van der Waals surface area contributed by atoms with Gasteiger partial charge in [0, 0.05) is 51.9 Å². The van der Waals surface area contributed by atoms with Crippen LogP contribution in [-0.4, -0.2) is 70.4 Å². The molecule has 2 fully saturated rings. The van der Waals surface area contributed by atoms with E-state index in [1.54, 1.807) is 14.2 Å². The number of ether oxygens (including phenoxy) is 4. The van der Waals surface area contributed by atoms with E-state index in [4.69, 9.17) is 24.7 Å². The van der Waals surface area contributed by atoms with Crippen molar-refractivity contribution in [2.75, 3.05) is 47.2 Å². The minimum atomic E-state index is -0.743. The maximum absolute atomic E-state index is 13.2. The van der Waals surface area contributed by atoms with Crippen molar-refractivity contribution in [3.8, 4) is 11.5 Å². The van der Waals surface area contributed by atoms with Crippen LogP contribution in [-0.2, 0) is 20.7 Å². The first-order chi connectivity index (χ1) is 19.6. The van der Waals surface area contributed by atoms with Gasteiger partial charge in [0.05, 0.1) is 19.8 Å². The molecule has 1 aliphatic carbocycles. The topological polar surface area (TPSA) is 112 Å². The summed E-state index contributed by atoms with van der Waals surface area (Å²) in [6, 6.07) is 5.66. The minimum Gasteiger partial charge on any atom is -0.493 e. The molecule has 1 aromatic carbocycles. The van der Waals surface area contributed by atoms with Gasteiger partial charge in [-0.05, 0) is 85.3 Å². The van der Waals surface area contributed by atoms with E-state index in [0.717, 1.165) is 56.8 Å². The molecule has 8 nitrogen and oxygen atoms in total. The number of rotatable bonds is 18. The molecule has 2 aliphatic rings. The zero-order valence-electron chi connectivity index (χ0n) is 26.3. The molecule has 5 atom stereocenters. The average molecular weight is 577 g/mol. The monoisotopic (exact) mass is 576 g/mol. The van der Waals surface area contributed by atoms with E-state index in [1.807, 2.05) is 12.1 Å². The summed E-state index contributed by atoms with van der Waals surface area (Å²) in [5.74, 6) is 2.53. The van der Waals surface area contributed by atoms with Crippen molar-refractivity contribution < 1.29 is 28.8 Å². The van der Waals surface area contributed by atoms with Gasteiger partial charge in [-0.2, -0.15) is 0 Å². The van der Waals surface area contributed by atoms with Crippen LogP contribution in [0, 0.1) is 35.0 Å². The number of hydrogen-bond acceptors (Lipinski definition) is 7. The molecule has 0 bridgehead atoms. The molecule has 41 heavy (non-hydrogen) atoms. The third-order valence-corrected chi connectivity index (χ3v) is 9.50. The summed E-state index contributed by atoms with van der Waals surface area (Å²) in [6.45, 7) is 12.1. The predicted octanol–water partition coefficient (Wildman–Crippen LogP) is 4.60. The van der Waals surface area contributed by atoms with Gasteiger partial charge in [0.25, 0.3) is 0 Å². The van der Waals surface area contributed by atoms with E-state index in [0.29, 0.717) is 49.1 Å². The van der Waals surface area contributed by atoms with E-state index >= 15 is 0 Å². The molecule has 1 saturated heterocycles. The maximum atomic E-state index is 13.2. The van der Waals surface area contributed by atoms with Crippen LogP contribution in [0.15, 0.2) is 18.2 Å². The third kappa shape index (κ3) is 9.84. The second-order valence-electron chi connectivity index (χ2n) is 13.1. The van der Waals surface area contributed by atoms with Gasteiger partial charge in [-0.3, -0.25) is 4.79 Å². The summed E-state index contributed by atoms with van der Waals surface area (Å²) in [4.78, 5) is 13.2. The Labute approximate surface area is 248 Å². The van der Waals surface area contributed by atoms with Crippen LogP contribution < -0.4 is 20.5 Å². The maximum Gasteiger partial charge on any atom is 0.223 e. The molecule has 3 rings (SSSR count). The summed E-state index contributed by atoms with van der Waals surface area (Å²) in [7, 11) is 3.33. The Morgan fingerprint density at radius 3 is 2.46 bits per heavy atom. The number of benzene rings is 1. The predicted molar refractivity (Wildman–Crippen MR) is 162 cm³/mol. The third-order valence-electron chi connectivity index (χ3n) is 9.50. The Morgan fingerprint density at radius 1 is 1.10 bits per heavy atom. The summed E-state index contributed by atoms with van der Waals surface area (Å²) in [5.41, 5.74) is 8.13. The highest BCUT2D eigenvalue weighted by Gasteiger charge is 2.53. The van der Waals surface area contributed by atoms with Gasteiger partial charge < -0.3 is 35.1 Å². The fourth-order valence-corrected chi connectivity index (χ4v) is 6.33. The van der Waals surface area contributed by atoms with Gasteiger partial charge in [0.2, 0.25) is 5.91 Å². The number of carbonyl (C=O) groups is 1. The van der Waals surface area contributed by atoms with Crippen LogP contribution in [0.2, 0.25) is 0 Å². The van der Waals surface area contributed by atoms with E-state index in [-0.39, 0.29) is 23.7 Å². The Hall–Kier alpha value is -1.87. The van der Waals surface area contributed by atoms with Gasteiger partial charge in [-0.15, -0.1) is 0 Å². The van der Waals surface area contributed by atoms with Crippen LogP contribution in [0.25, 0.3) is 0 Å². The summed E-state index contributed by atoms with van der Waals surface area (Å²) < 4.78 is 22.1. The van der Waals surface area contributed by atoms with Crippen LogP contribution in [0.5, 0.6) is 11.5 Å². The van der Waals surface area contributed by atoms with Gasteiger partial charge in [0.1, 0.15) is 0 Å². The molecular weight excluding hydrogens is 520 g/mol. The Kier molecular flexibility index (Phi) is 13.2. The van der Waals surface area contributed by atoms with Gasteiger partial charge in [-0.1, -0.05) is 33.8 Å². The van der Waals surface area contributed by atoms with Crippen molar-refractivity contribution in [3.05, 3.63) is 23.8 Å². The molecule has 4 N–H and O–H groups in total. The van der Waals surface area contributed by atoms with E-state index < -0.39 is 12.1 Å². The average Bonchev–Trinajstić information content (AvgIpc) is 3.62. The molecule has 0 unspecified atom stereocenters. The van der Waals surface area contributed by atoms with Crippen LogP contribution >= 0.6 is 0 Å². The number of nitrogens with one attached hydrogen (secondary N) is 1. The lowest BCUT2D eigenvalue weighted by atomic mass is 9.80. The number of amides is 1. The van der Waals surface area contributed by atoms with E-state index in [9.17, 15) is 9.90 Å². The van der Waals surface area contributed by atoms with E-state index in [2.05, 4.69) is 39.1 Å². The first-order valence-electron chi connectivity index (χ1n) is 15.7. The van der Waals surface area contributed by atoms with Crippen molar-refractivity contribution in [3.63, 3.8) is 0 Å². The zero-order chi connectivity index (χ0) is 30.0. The Balaban J connectivity index is 1.54. The molecule has 1 saturated carbocycles. The second-order valence-corrected chi connectivity index (χ2v) is 13.1. The number of aliphatic hydroxyl groups is 1. The Bertz CT molecular complexity index is 932. The highest BCUT2D eigenvalue weighted by Crippen LogP contribution is 2.58. The number of hydrogen-bond donors (Lipinski definition) is 3. The van der Waals surface area contributed by atoms with Crippen LogP contribution in [0.1, 0.15) is 71.8 Å². The van der Waals surface area contributed by atoms with Gasteiger partial charge >= 0.3 is 0 Å². The number of carbonyl (C=O) groups excluding carboxylic acids is 1. The lowest BCUT2D eigenvalue weighted by Gasteiger charge is -2.30. The van der Waals surface area contributed by atoms with Crippen molar-refractivity contribution in [1.82, 2.24) is 5.32 Å². The highest BCUT2D eigenvalue weighted by atomic mass is 16.5. The summed E-state index contributed by atoms with van der Waals surface area (Å²) >= 11 is 0. The molecule has 0 aromatic heterocycles. The first kappa shape index (κ1) is 33.6. The van der Waals surface area contributed by atoms with Crippen molar-refractivity contribution in [2.45, 2.75) is 84.8 Å². The highest BCUT2D eigenvalue weighted by molar-refractivity contribution is 5.79. The fourth-order valence-electron chi connectivity index (χ4n) is 6.33. The van der Waals surface area contributed by atoms with Crippen LogP contribution in [0.3, 0.4) is 0 Å². The smallest absolute Gasteiger partial charge is 0.223 e. The van der Waals surface area contributed by atoms with Crippen molar-refractivity contribution in [1.29, 1.82) is 0 Å². The second kappa shape index (κ2) is 16.1. The standard InChI is InChI=1S/C33H56N2O6/c1-22(2)25(16-24-8-9-30(39-6)31(17-24)41-13-7-12-38-5)18-28(34)29(36)19-27(23(3)4)32(37)35-21-26-20-33(26)10-14-40-15-11-33/h8-9,17,22-23,25-29,36H,7,10-16,18-21,34H2,1-6H3,(H,35,37)/t25-,26-,27-,28-,29-/m0/s1. The summed E-state index contributed by atoms with van der Waals surface area (Å²) in [5, 5.41) is 14.4. The minimum absolute atomic E-state index is 0.0389. The van der Waals surface area contributed by atoms with Crippen molar-refractivity contribution in [2.24, 2.45) is 40.7 Å². The fraction of sp³-hybridized carbons (Fsp3) is 0.788. The molecule has 8 heteroatoms. The van der Waals surface area contributed by atoms with Crippen molar-refractivity contribution >= 4 is 5.91 Å². The quantitative estimate of drug-likeness (QED) is 0.219. The first-order valence-corrected chi connectivity index (χ1v) is 15.7. The molecule has 234 valence electrons. The number of methoxy groups -OCH3 is 2. The molecule has 1 spiro atoms. The van der Waals surface area contributed by atoms with Crippen LogP contribution in [0.4, 0.5) is 0 Å². The SMILES string of the molecule is COCCCOc1cc(C[C@@H](C[C@H](N)[C@@H](O)C[C@H](C(=O)NC[C@@H]2CC23CCOCC3)C(C)C)C(C)C)ccc1OC. The summed E-state index contributed by atoms with van der Waals surface area (Å²) in [6.07, 6.45) is 5.32.